The molecule has 0 aliphatic carbocycles. The van der Waals surface area contributed by atoms with E-state index >= 15 is 0 Å². The largest absolute Gasteiger partial charge is 0.395 e. The molecule has 0 bridgehead atoms. The summed E-state index contributed by atoms with van der Waals surface area (Å²) in [4.78, 5) is 4.79. The van der Waals surface area contributed by atoms with Crippen molar-refractivity contribution < 1.29 is 10.2 Å². The molecule has 2 heterocycles. The molecule has 2 rings (SSSR count). The van der Waals surface area contributed by atoms with Gasteiger partial charge in [0.05, 0.1) is 12.7 Å². The lowest BCUT2D eigenvalue weighted by Crippen LogP contribution is -2.36. The van der Waals surface area contributed by atoms with Crippen LogP contribution in [-0.2, 0) is 0 Å². The Morgan fingerprint density at radius 2 is 1.82 bits per heavy atom. The van der Waals surface area contributed by atoms with Gasteiger partial charge in [-0.3, -0.25) is 4.90 Å². The molecule has 0 amide bonds. The van der Waals surface area contributed by atoms with Crippen LogP contribution in [0.2, 0.25) is 0 Å². The van der Waals surface area contributed by atoms with E-state index in [0.29, 0.717) is 0 Å². The van der Waals surface area contributed by atoms with Crippen molar-refractivity contribution in [2.45, 2.75) is 44.2 Å². The highest BCUT2D eigenvalue weighted by molar-refractivity contribution is 4.84. The maximum Gasteiger partial charge on any atom is 0.0683 e. The fraction of sp³-hybridized carbons (Fsp3) is 1.00. The minimum atomic E-state index is -0.234. The number of β-amino-alcohol motifs (C(OH)–C–C–N with tert-alkyl or cyclic N) is 1. The molecule has 0 radical (unpaired) electrons. The minimum absolute atomic E-state index is 0.181. The number of hydrogen-bond acceptors (Lipinski definition) is 4. The van der Waals surface area contributed by atoms with E-state index in [-0.39, 0.29) is 18.8 Å². The Morgan fingerprint density at radius 1 is 1.06 bits per heavy atom. The van der Waals surface area contributed by atoms with Crippen LogP contribution in [0.15, 0.2) is 0 Å². The van der Waals surface area contributed by atoms with E-state index in [1.165, 1.54) is 38.9 Å². The minimum Gasteiger partial charge on any atom is -0.395 e. The average molecular weight is 242 g/mol. The second-order valence-electron chi connectivity index (χ2n) is 5.48. The lowest BCUT2D eigenvalue weighted by Gasteiger charge is -2.28. The van der Waals surface area contributed by atoms with Crippen molar-refractivity contribution >= 4 is 0 Å². The van der Waals surface area contributed by atoms with E-state index in [2.05, 4.69) is 9.80 Å². The first-order valence-electron chi connectivity index (χ1n) is 7.05. The molecule has 0 unspecified atom stereocenters. The van der Waals surface area contributed by atoms with Crippen LogP contribution in [0.4, 0.5) is 0 Å². The van der Waals surface area contributed by atoms with E-state index in [4.69, 9.17) is 0 Å². The van der Waals surface area contributed by atoms with Crippen LogP contribution in [0.25, 0.3) is 0 Å². The van der Waals surface area contributed by atoms with E-state index in [1.807, 2.05) is 0 Å². The van der Waals surface area contributed by atoms with Crippen LogP contribution in [0, 0.1) is 0 Å². The van der Waals surface area contributed by atoms with Gasteiger partial charge in [0.25, 0.3) is 0 Å². The Bertz CT molecular complexity index is 219. The van der Waals surface area contributed by atoms with Crippen LogP contribution in [0.1, 0.15) is 32.1 Å². The van der Waals surface area contributed by atoms with Crippen LogP contribution in [0.3, 0.4) is 0 Å². The Morgan fingerprint density at radius 3 is 2.53 bits per heavy atom. The Balaban J connectivity index is 1.63. The number of hydrogen-bond donors (Lipinski definition) is 2. The third kappa shape index (κ3) is 3.91. The van der Waals surface area contributed by atoms with Crippen LogP contribution >= 0.6 is 0 Å². The lowest BCUT2D eigenvalue weighted by molar-refractivity contribution is 0.144. The number of aliphatic hydroxyl groups excluding tert-OH is 2. The molecule has 0 saturated carbocycles. The molecule has 100 valence electrons. The van der Waals surface area contributed by atoms with Gasteiger partial charge in [0.1, 0.15) is 0 Å². The van der Waals surface area contributed by atoms with Crippen LogP contribution < -0.4 is 0 Å². The zero-order chi connectivity index (χ0) is 12.1. The molecule has 2 N–H and O–H groups in total. The van der Waals surface area contributed by atoms with Gasteiger partial charge in [0, 0.05) is 12.6 Å². The number of likely N-dealkylation sites (tertiary alicyclic amines) is 2. The van der Waals surface area contributed by atoms with Gasteiger partial charge in [-0.05, 0) is 51.9 Å². The number of rotatable bonds is 5. The molecule has 17 heavy (non-hydrogen) atoms. The summed E-state index contributed by atoms with van der Waals surface area (Å²) < 4.78 is 0. The summed E-state index contributed by atoms with van der Waals surface area (Å²) in [7, 11) is 0. The molecule has 0 aromatic rings. The van der Waals surface area contributed by atoms with Crippen molar-refractivity contribution in [2.75, 3.05) is 39.3 Å². The van der Waals surface area contributed by atoms with Gasteiger partial charge >= 0.3 is 0 Å². The number of piperidine rings is 1. The predicted octanol–water partition coefficient (Wildman–Crippen LogP) is 0.290. The molecule has 2 saturated heterocycles. The second-order valence-corrected chi connectivity index (χ2v) is 5.48. The van der Waals surface area contributed by atoms with E-state index in [0.717, 1.165) is 25.9 Å². The maximum absolute atomic E-state index is 9.59. The Kier molecular flexibility index (Phi) is 5.22. The third-order valence-corrected chi connectivity index (χ3v) is 4.08. The van der Waals surface area contributed by atoms with Gasteiger partial charge in [-0.1, -0.05) is 6.42 Å². The summed E-state index contributed by atoms with van der Waals surface area (Å²) in [5, 5.41) is 18.8. The summed E-state index contributed by atoms with van der Waals surface area (Å²) >= 11 is 0. The van der Waals surface area contributed by atoms with Crippen molar-refractivity contribution in [3.63, 3.8) is 0 Å². The fourth-order valence-electron chi connectivity index (χ4n) is 3.10. The second kappa shape index (κ2) is 6.69. The zero-order valence-corrected chi connectivity index (χ0v) is 10.7. The molecule has 0 spiro atoms. The summed E-state index contributed by atoms with van der Waals surface area (Å²) in [6.07, 6.45) is 5.75. The lowest BCUT2D eigenvalue weighted by atomic mass is 10.1. The predicted molar refractivity (Wildman–Crippen MR) is 68.0 cm³/mol. The first-order chi connectivity index (χ1) is 8.29. The van der Waals surface area contributed by atoms with E-state index in [1.54, 1.807) is 0 Å². The summed E-state index contributed by atoms with van der Waals surface area (Å²) in [5.41, 5.74) is 0. The van der Waals surface area contributed by atoms with Crippen molar-refractivity contribution in [1.29, 1.82) is 0 Å². The molecule has 0 aromatic heterocycles. The summed E-state index contributed by atoms with van der Waals surface area (Å²) in [6.45, 7) is 5.62. The standard InChI is InChI=1S/C13H26N2O2/c16-11-12-9-13(17)10-15(12)8-4-7-14-5-2-1-3-6-14/h12-13,16-17H,1-11H2/t12-,13+/m0/s1. The van der Waals surface area contributed by atoms with Gasteiger partial charge in [0.15, 0.2) is 0 Å². The summed E-state index contributed by atoms with van der Waals surface area (Å²) in [6, 6.07) is 0.186. The molecule has 2 aliphatic rings. The van der Waals surface area contributed by atoms with Crippen molar-refractivity contribution in [3.8, 4) is 0 Å². The highest BCUT2D eigenvalue weighted by atomic mass is 16.3. The SMILES string of the molecule is OC[C@@H]1C[C@@H](O)CN1CCCN1CCCCC1. The molecule has 0 aromatic carbocycles. The average Bonchev–Trinajstić information content (AvgIpc) is 2.71. The zero-order valence-electron chi connectivity index (χ0n) is 10.7. The number of nitrogens with zero attached hydrogens (tertiary/aromatic N) is 2. The first-order valence-corrected chi connectivity index (χ1v) is 7.05. The van der Waals surface area contributed by atoms with Crippen LogP contribution in [-0.4, -0.2) is 71.5 Å². The van der Waals surface area contributed by atoms with Crippen LogP contribution in [0.5, 0.6) is 0 Å². The monoisotopic (exact) mass is 242 g/mol. The maximum atomic E-state index is 9.59. The smallest absolute Gasteiger partial charge is 0.0683 e. The molecule has 2 fully saturated rings. The van der Waals surface area contributed by atoms with Gasteiger partial charge in [-0.15, -0.1) is 0 Å². The quantitative estimate of drug-likeness (QED) is 0.727. The normalized spacial score (nSPS) is 32.1. The highest BCUT2D eigenvalue weighted by Crippen LogP contribution is 2.18. The Hall–Kier alpha value is -0.160. The third-order valence-electron chi connectivity index (χ3n) is 4.08. The topological polar surface area (TPSA) is 46.9 Å². The first kappa shape index (κ1) is 13.3. The van der Waals surface area contributed by atoms with E-state index < -0.39 is 0 Å². The molecular formula is C13H26N2O2. The van der Waals surface area contributed by atoms with Crippen molar-refractivity contribution in [2.24, 2.45) is 0 Å². The van der Waals surface area contributed by atoms with Gasteiger partial charge in [0.2, 0.25) is 0 Å². The molecule has 4 heteroatoms. The highest BCUT2D eigenvalue weighted by Gasteiger charge is 2.29. The van der Waals surface area contributed by atoms with Crippen molar-refractivity contribution in [1.82, 2.24) is 9.80 Å². The molecule has 2 aliphatic heterocycles. The molecule has 4 nitrogen and oxygen atoms in total. The van der Waals surface area contributed by atoms with Gasteiger partial charge < -0.3 is 15.1 Å². The molecule has 2 atom stereocenters. The fourth-order valence-corrected chi connectivity index (χ4v) is 3.10. The van der Waals surface area contributed by atoms with E-state index in [9.17, 15) is 10.2 Å². The van der Waals surface area contributed by atoms with Gasteiger partial charge in [-0.2, -0.15) is 0 Å². The number of aliphatic hydroxyl groups is 2. The summed E-state index contributed by atoms with van der Waals surface area (Å²) in [5.74, 6) is 0. The van der Waals surface area contributed by atoms with Gasteiger partial charge in [-0.25, -0.2) is 0 Å². The molecular weight excluding hydrogens is 216 g/mol. The Labute approximate surface area is 104 Å². The van der Waals surface area contributed by atoms with Crippen molar-refractivity contribution in [3.05, 3.63) is 0 Å².